The van der Waals surface area contributed by atoms with E-state index in [9.17, 15) is 0 Å². The van der Waals surface area contributed by atoms with Gasteiger partial charge in [0.2, 0.25) is 0 Å². The largest absolute Gasteiger partial charge is 0.393 e. The Morgan fingerprint density at radius 2 is 1.87 bits per heavy atom. The van der Waals surface area contributed by atoms with Gasteiger partial charge in [-0.05, 0) is 57.3 Å². The average Bonchev–Trinajstić information content (AvgIpc) is 2.12. The maximum absolute atomic E-state index is 9.11. The summed E-state index contributed by atoms with van der Waals surface area (Å²) in [6.07, 6.45) is 3.18. The molecule has 3 heteroatoms. The molecule has 0 aromatic heterocycles. The molecule has 1 aliphatic rings. The molecule has 1 aliphatic carbocycles. The topological polar surface area (TPSA) is 44.3 Å². The van der Waals surface area contributed by atoms with Crippen LogP contribution in [-0.2, 0) is 0 Å². The highest BCUT2D eigenvalue weighted by molar-refractivity contribution is 4.79. The van der Waals surface area contributed by atoms with E-state index in [1.165, 1.54) is 6.42 Å². The molecule has 0 radical (unpaired) electrons. The zero-order valence-corrected chi connectivity index (χ0v) is 10.1. The molecule has 1 saturated carbocycles. The Labute approximate surface area is 93.6 Å². The first kappa shape index (κ1) is 12.9. The van der Waals surface area contributed by atoms with Gasteiger partial charge in [-0.3, -0.25) is 0 Å². The van der Waals surface area contributed by atoms with Crippen LogP contribution in [0.25, 0.3) is 0 Å². The lowest BCUT2D eigenvalue weighted by atomic mass is 9.82. The van der Waals surface area contributed by atoms with Crippen molar-refractivity contribution in [3.05, 3.63) is 0 Å². The van der Waals surface area contributed by atoms with Gasteiger partial charge in [-0.15, -0.1) is 0 Å². The molecule has 0 amide bonds. The molecule has 3 N–H and O–H groups in total. The normalized spacial score (nSPS) is 25.6. The number of aliphatic hydroxyl groups excluding tert-OH is 1. The molecular weight excluding hydrogens is 188 g/mol. The summed E-state index contributed by atoms with van der Waals surface area (Å²) in [5.74, 6) is 1.47. The number of hydrogen-bond donors (Lipinski definition) is 3. The number of aliphatic hydroxyl groups is 1. The quantitative estimate of drug-likeness (QED) is 0.528. The third-order valence-electron chi connectivity index (χ3n) is 2.90. The summed E-state index contributed by atoms with van der Waals surface area (Å²) in [5, 5.41) is 16.0. The molecule has 0 bridgehead atoms. The number of rotatable bonds is 8. The third kappa shape index (κ3) is 6.13. The molecule has 1 rings (SSSR count). The van der Waals surface area contributed by atoms with Crippen molar-refractivity contribution in [3.8, 4) is 0 Å². The van der Waals surface area contributed by atoms with Gasteiger partial charge >= 0.3 is 0 Å². The van der Waals surface area contributed by atoms with Crippen LogP contribution in [0.1, 0.15) is 33.1 Å². The van der Waals surface area contributed by atoms with E-state index in [2.05, 4.69) is 24.5 Å². The van der Waals surface area contributed by atoms with Gasteiger partial charge in [-0.1, -0.05) is 13.8 Å². The van der Waals surface area contributed by atoms with E-state index < -0.39 is 0 Å². The van der Waals surface area contributed by atoms with Crippen LogP contribution in [0.15, 0.2) is 0 Å². The summed E-state index contributed by atoms with van der Waals surface area (Å²) < 4.78 is 0. The summed E-state index contributed by atoms with van der Waals surface area (Å²) in [6, 6.07) is 0. The summed E-state index contributed by atoms with van der Waals surface area (Å²) in [7, 11) is 0. The fourth-order valence-electron chi connectivity index (χ4n) is 1.90. The molecule has 15 heavy (non-hydrogen) atoms. The molecule has 1 fully saturated rings. The minimum absolute atomic E-state index is 0.00971. The van der Waals surface area contributed by atoms with E-state index in [-0.39, 0.29) is 6.10 Å². The summed E-state index contributed by atoms with van der Waals surface area (Å²) in [5.41, 5.74) is 0. The lowest BCUT2D eigenvalue weighted by Crippen LogP contribution is -2.36. The first-order valence-electron chi connectivity index (χ1n) is 6.28. The van der Waals surface area contributed by atoms with Gasteiger partial charge in [0.25, 0.3) is 0 Å². The first-order chi connectivity index (χ1) is 7.18. The number of nitrogens with one attached hydrogen (secondary N) is 2. The summed E-state index contributed by atoms with van der Waals surface area (Å²) in [4.78, 5) is 0. The maximum Gasteiger partial charge on any atom is 0.0546 e. The predicted molar refractivity (Wildman–Crippen MR) is 63.9 cm³/mol. The van der Waals surface area contributed by atoms with Gasteiger partial charge in [-0.25, -0.2) is 0 Å². The monoisotopic (exact) mass is 214 g/mol. The lowest BCUT2D eigenvalue weighted by molar-refractivity contribution is 0.0431. The zero-order chi connectivity index (χ0) is 11.1. The Morgan fingerprint density at radius 1 is 1.20 bits per heavy atom. The van der Waals surface area contributed by atoms with Crippen LogP contribution in [0.5, 0.6) is 0 Å². The van der Waals surface area contributed by atoms with Crippen LogP contribution in [0.4, 0.5) is 0 Å². The molecule has 3 nitrogen and oxygen atoms in total. The van der Waals surface area contributed by atoms with Gasteiger partial charge in [0, 0.05) is 0 Å². The van der Waals surface area contributed by atoms with E-state index in [1.807, 2.05) is 0 Å². The van der Waals surface area contributed by atoms with E-state index in [1.54, 1.807) is 0 Å². The fourth-order valence-corrected chi connectivity index (χ4v) is 1.90. The molecule has 0 spiro atoms. The molecule has 0 atom stereocenters. The predicted octanol–water partition coefficient (Wildman–Crippen LogP) is 0.983. The summed E-state index contributed by atoms with van der Waals surface area (Å²) in [6.45, 7) is 8.87. The Hall–Kier alpha value is -0.120. The number of hydrogen-bond acceptors (Lipinski definition) is 3. The van der Waals surface area contributed by atoms with E-state index in [0.717, 1.165) is 50.9 Å². The average molecular weight is 214 g/mol. The second kappa shape index (κ2) is 7.20. The van der Waals surface area contributed by atoms with Crippen LogP contribution in [0.3, 0.4) is 0 Å². The van der Waals surface area contributed by atoms with Crippen molar-refractivity contribution >= 4 is 0 Å². The Bertz CT molecular complexity index is 156. The van der Waals surface area contributed by atoms with Crippen molar-refractivity contribution in [1.29, 1.82) is 0 Å². The van der Waals surface area contributed by atoms with Crippen molar-refractivity contribution in [2.45, 2.75) is 39.2 Å². The van der Waals surface area contributed by atoms with Crippen molar-refractivity contribution < 1.29 is 5.11 Å². The van der Waals surface area contributed by atoms with Gasteiger partial charge in [0.05, 0.1) is 6.10 Å². The highest BCUT2D eigenvalue weighted by Crippen LogP contribution is 2.25. The van der Waals surface area contributed by atoms with Crippen LogP contribution in [-0.4, -0.2) is 37.4 Å². The van der Waals surface area contributed by atoms with Gasteiger partial charge in [0.15, 0.2) is 0 Å². The van der Waals surface area contributed by atoms with Crippen molar-refractivity contribution in [3.63, 3.8) is 0 Å². The standard InChI is InChI=1S/C12H26N2O/c1-10(2)8-13-4-3-5-14-9-11-6-12(15)7-11/h10-15H,3-9H2,1-2H3. The van der Waals surface area contributed by atoms with Crippen LogP contribution in [0.2, 0.25) is 0 Å². The Morgan fingerprint density at radius 3 is 2.47 bits per heavy atom. The first-order valence-corrected chi connectivity index (χ1v) is 6.28. The molecule has 0 heterocycles. The Kier molecular flexibility index (Phi) is 6.22. The molecule has 0 aromatic carbocycles. The second-order valence-electron chi connectivity index (χ2n) is 5.15. The van der Waals surface area contributed by atoms with E-state index >= 15 is 0 Å². The van der Waals surface area contributed by atoms with E-state index in [0.29, 0.717) is 0 Å². The zero-order valence-electron chi connectivity index (χ0n) is 10.1. The van der Waals surface area contributed by atoms with E-state index in [4.69, 9.17) is 5.11 Å². The smallest absolute Gasteiger partial charge is 0.0546 e. The highest BCUT2D eigenvalue weighted by atomic mass is 16.3. The van der Waals surface area contributed by atoms with Crippen molar-refractivity contribution in [2.75, 3.05) is 26.2 Å². The van der Waals surface area contributed by atoms with Crippen LogP contribution in [0, 0.1) is 11.8 Å². The second-order valence-corrected chi connectivity index (χ2v) is 5.15. The molecular formula is C12H26N2O. The van der Waals surface area contributed by atoms with Crippen LogP contribution < -0.4 is 10.6 Å². The van der Waals surface area contributed by atoms with Gasteiger partial charge < -0.3 is 15.7 Å². The lowest BCUT2D eigenvalue weighted by Gasteiger charge is -2.31. The van der Waals surface area contributed by atoms with Crippen molar-refractivity contribution in [2.24, 2.45) is 11.8 Å². The highest BCUT2D eigenvalue weighted by Gasteiger charge is 2.26. The molecule has 0 aliphatic heterocycles. The Balaban J connectivity index is 1.74. The van der Waals surface area contributed by atoms with Gasteiger partial charge in [0.1, 0.15) is 0 Å². The summed E-state index contributed by atoms with van der Waals surface area (Å²) >= 11 is 0. The fraction of sp³-hybridized carbons (Fsp3) is 1.00. The minimum Gasteiger partial charge on any atom is -0.393 e. The van der Waals surface area contributed by atoms with Crippen LogP contribution >= 0.6 is 0 Å². The minimum atomic E-state index is -0.00971. The SMILES string of the molecule is CC(C)CNCCCNCC1CC(O)C1. The maximum atomic E-state index is 9.11. The van der Waals surface area contributed by atoms with Crippen molar-refractivity contribution in [1.82, 2.24) is 10.6 Å². The molecule has 90 valence electrons. The third-order valence-corrected chi connectivity index (χ3v) is 2.90. The van der Waals surface area contributed by atoms with Gasteiger partial charge in [-0.2, -0.15) is 0 Å². The molecule has 0 aromatic rings. The molecule has 0 saturated heterocycles. The molecule has 0 unspecified atom stereocenters.